The van der Waals surface area contributed by atoms with Gasteiger partial charge in [0.1, 0.15) is 0 Å². The molecule has 0 fully saturated rings. The molecule has 0 aromatic heterocycles. The van der Waals surface area contributed by atoms with E-state index in [0.717, 1.165) is 5.56 Å². The van der Waals surface area contributed by atoms with Gasteiger partial charge in [-0.3, -0.25) is 0 Å². The summed E-state index contributed by atoms with van der Waals surface area (Å²) in [6.45, 7) is 0.296. The van der Waals surface area contributed by atoms with Gasteiger partial charge >= 0.3 is 0 Å². The summed E-state index contributed by atoms with van der Waals surface area (Å²) < 4.78 is 10.6. The van der Waals surface area contributed by atoms with Crippen LogP contribution in [0.25, 0.3) is 0 Å². The Bertz CT molecular complexity index is 236. The highest BCUT2D eigenvalue weighted by atomic mass is 16.7. The number of hydrogen-bond donors (Lipinski definition) is 1. The van der Waals surface area contributed by atoms with Crippen LogP contribution in [0.15, 0.2) is 30.3 Å². The maximum Gasteiger partial charge on any atom is 0.207 e. The molecule has 0 saturated carbocycles. The molecule has 0 heterocycles. The van der Waals surface area contributed by atoms with Crippen molar-refractivity contribution in [2.75, 3.05) is 20.8 Å². The molecule has 72 valence electrons. The average Bonchev–Trinajstić information content (AvgIpc) is 2.23. The fourth-order valence-corrected chi connectivity index (χ4v) is 1.30. The summed E-state index contributed by atoms with van der Waals surface area (Å²) in [4.78, 5) is 0. The second kappa shape index (κ2) is 4.37. The van der Waals surface area contributed by atoms with E-state index in [1.165, 1.54) is 0 Å². The molecule has 0 saturated heterocycles. The fraction of sp³-hybridized carbons (Fsp3) is 0.400. The molecular weight excluding hydrogens is 166 g/mol. The monoisotopic (exact) mass is 181 g/mol. The van der Waals surface area contributed by atoms with E-state index in [1.807, 2.05) is 30.3 Å². The van der Waals surface area contributed by atoms with E-state index in [-0.39, 0.29) is 0 Å². The minimum atomic E-state index is -0.804. The van der Waals surface area contributed by atoms with Gasteiger partial charge < -0.3 is 15.2 Å². The van der Waals surface area contributed by atoms with Crippen molar-refractivity contribution in [3.63, 3.8) is 0 Å². The Morgan fingerprint density at radius 3 is 2.08 bits per heavy atom. The fourth-order valence-electron chi connectivity index (χ4n) is 1.30. The number of methoxy groups -OCH3 is 2. The largest absolute Gasteiger partial charge is 0.348 e. The number of nitrogens with two attached hydrogens (primary N) is 1. The van der Waals surface area contributed by atoms with E-state index in [1.54, 1.807) is 14.2 Å². The Morgan fingerprint density at radius 2 is 1.69 bits per heavy atom. The molecular formula is C10H15NO2. The summed E-state index contributed by atoms with van der Waals surface area (Å²) in [5.74, 6) is -0.804. The van der Waals surface area contributed by atoms with Crippen molar-refractivity contribution in [3.05, 3.63) is 35.9 Å². The van der Waals surface area contributed by atoms with Gasteiger partial charge in [0.15, 0.2) is 0 Å². The van der Waals surface area contributed by atoms with Crippen molar-refractivity contribution >= 4 is 0 Å². The molecule has 0 spiro atoms. The number of hydrogen-bond acceptors (Lipinski definition) is 3. The van der Waals surface area contributed by atoms with Crippen LogP contribution in [0, 0.1) is 0 Å². The lowest BCUT2D eigenvalue weighted by molar-refractivity contribution is -0.207. The van der Waals surface area contributed by atoms with E-state index in [0.29, 0.717) is 6.54 Å². The standard InChI is InChI=1S/C10H15NO2/c1-12-10(8-11,13-2)9-6-4-3-5-7-9/h3-7H,8,11H2,1-2H3. The summed E-state index contributed by atoms with van der Waals surface area (Å²) >= 11 is 0. The maximum absolute atomic E-state index is 5.61. The highest BCUT2D eigenvalue weighted by Crippen LogP contribution is 2.23. The summed E-state index contributed by atoms with van der Waals surface area (Å²) in [6.07, 6.45) is 0. The van der Waals surface area contributed by atoms with Gasteiger partial charge in [0.05, 0.1) is 6.54 Å². The molecule has 0 bridgehead atoms. The number of ether oxygens (including phenoxy) is 2. The summed E-state index contributed by atoms with van der Waals surface area (Å²) in [5.41, 5.74) is 6.54. The molecule has 0 radical (unpaired) electrons. The second-order valence-corrected chi connectivity index (χ2v) is 2.73. The maximum atomic E-state index is 5.61. The normalized spacial score (nSPS) is 11.6. The lowest BCUT2D eigenvalue weighted by Crippen LogP contribution is -2.38. The van der Waals surface area contributed by atoms with Crippen molar-refractivity contribution in [3.8, 4) is 0 Å². The first-order valence-electron chi connectivity index (χ1n) is 4.15. The van der Waals surface area contributed by atoms with Crippen molar-refractivity contribution in [1.82, 2.24) is 0 Å². The quantitative estimate of drug-likeness (QED) is 0.707. The number of benzene rings is 1. The average molecular weight is 181 g/mol. The third-order valence-corrected chi connectivity index (χ3v) is 2.14. The van der Waals surface area contributed by atoms with Gasteiger partial charge in [-0.25, -0.2) is 0 Å². The Labute approximate surface area is 78.5 Å². The van der Waals surface area contributed by atoms with E-state index in [9.17, 15) is 0 Å². The van der Waals surface area contributed by atoms with Gasteiger partial charge in [0, 0.05) is 19.8 Å². The highest BCUT2D eigenvalue weighted by molar-refractivity contribution is 5.20. The lowest BCUT2D eigenvalue weighted by atomic mass is 10.1. The van der Waals surface area contributed by atoms with E-state index < -0.39 is 5.79 Å². The SMILES string of the molecule is COC(CN)(OC)c1ccccc1. The molecule has 0 unspecified atom stereocenters. The van der Waals surface area contributed by atoms with Crippen LogP contribution in [0.4, 0.5) is 0 Å². The van der Waals surface area contributed by atoms with Crippen molar-refractivity contribution in [2.45, 2.75) is 5.79 Å². The highest BCUT2D eigenvalue weighted by Gasteiger charge is 2.29. The van der Waals surface area contributed by atoms with Gasteiger partial charge in [-0.15, -0.1) is 0 Å². The zero-order chi connectivity index (χ0) is 9.73. The third-order valence-electron chi connectivity index (χ3n) is 2.14. The van der Waals surface area contributed by atoms with Gasteiger partial charge in [-0.1, -0.05) is 30.3 Å². The molecule has 2 N–H and O–H groups in total. The van der Waals surface area contributed by atoms with Gasteiger partial charge in [0.2, 0.25) is 5.79 Å². The summed E-state index contributed by atoms with van der Waals surface area (Å²) in [7, 11) is 3.17. The second-order valence-electron chi connectivity index (χ2n) is 2.73. The van der Waals surface area contributed by atoms with Crippen LogP contribution in [0.2, 0.25) is 0 Å². The Balaban J connectivity index is 3.01. The molecule has 1 aromatic carbocycles. The van der Waals surface area contributed by atoms with E-state index in [2.05, 4.69) is 0 Å². The molecule has 0 atom stereocenters. The van der Waals surface area contributed by atoms with Crippen molar-refractivity contribution < 1.29 is 9.47 Å². The van der Waals surface area contributed by atoms with E-state index in [4.69, 9.17) is 15.2 Å². The van der Waals surface area contributed by atoms with Gasteiger partial charge in [-0.2, -0.15) is 0 Å². The predicted octanol–water partition coefficient (Wildman–Crippen LogP) is 1.09. The Morgan fingerprint density at radius 1 is 1.15 bits per heavy atom. The molecule has 1 aromatic rings. The van der Waals surface area contributed by atoms with Crippen LogP contribution in [0.1, 0.15) is 5.56 Å². The summed E-state index contributed by atoms with van der Waals surface area (Å²) in [5, 5.41) is 0. The molecule has 3 heteroatoms. The first-order chi connectivity index (χ1) is 6.29. The molecule has 0 amide bonds. The van der Waals surface area contributed by atoms with Crippen LogP contribution < -0.4 is 5.73 Å². The van der Waals surface area contributed by atoms with Crippen LogP contribution in [0.3, 0.4) is 0 Å². The molecule has 3 nitrogen and oxygen atoms in total. The Hall–Kier alpha value is -0.900. The first-order valence-corrected chi connectivity index (χ1v) is 4.15. The first kappa shape index (κ1) is 10.2. The zero-order valence-electron chi connectivity index (χ0n) is 7.99. The number of rotatable bonds is 4. The zero-order valence-corrected chi connectivity index (χ0v) is 7.99. The van der Waals surface area contributed by atoms with Crippen LogP contribution in [-0.4, -0.2) is 20.8 Å². The Kier molecular flexibility index (Phi) is 3.42. The van der Waals surface area contributed by atoms with Gasteiger partial charge in [0.25, 0.3) is 0 Å². The minimum Gasteiger partial charge on any atom is -0.348 e. The topological polar surface area (TPSA) is 44.5 Å². The molecule has 0 aliphatic rings. The minimum absolute atomic E-state index is 0.296. The molecule has 1 rings (SSSR count). The van der Waals surface area contributed by atoms with Crippen LogP contribution in [-0.2, 0) is 15.3 Å². The molecule has 0 aliphatic heterocycles. The third kappa shape index (κ3) is 1.88. The van der Waals surface area contributed by atoms with E-state index >= 15 is 0 Å². The summed E-state index contributed by atoms with van der Waals surface area (Å²) in [6, 6.07) is 9.66. The van der Waals surface area contributed by atoms with Crippen LogP contribution >= 0.6 is 0 Å². The molecule has 13 heavy (non-hydrogen) atoms. The molecule has 0 aliphatic carbocycles. The van der Waals surface area contributed by atoms with Crippen molar-refractivity contribution in [1.29, 1.82) is 0 Å². The van der Waals surface area contributed by atoms with Crippen LogP contribution in [0.5, 0.6) is 0 Å². The van der Waals surface area contributed by atoms with Gasteiger partial charge in [-0.05, 0) is 0 Å². The lowest BCUT2D eigenvalue weighted by Gasteiger charge is -2.29. The predicted molar refractivity (Wildman–Crippen MR) is 51.2 cm³/mol. The smallest absolute Gasteiger partial charge is 0.207 e. The van der Waals surface area contributed by atoms with Crippen molar-refractivity contribution in [2.24, 2.45) is 5.73 Å².